The summed E-state index contributed by atoms with van der Waals surface area (Å²) < 4.78 is 10.8. The third kappa shape index (κ3) is 5.11. The summed E-state index contributed by atoms with van der Waals surface area (Å²) in [6.45, 7) is 5.97. The smallest absolute Gasteiger partial charge is 0.444 e. The molecule has 0 fully saturated rings. The minimum atomic E-state index is -1.52. The number of carbonyl (C=O) groups is 1. The number of nitrogens with zero attached hydrogens (tertiary/aromatic N) is 2. The van der Waals surface area contributed by atoms with E-state index < -0.39 is 7.12 Å². The zero-order valence-corrected chi connectivity index (χ0v) is 16.3. The molecule has 1 aromatic carbocycles. The Bertz CT molecular complexity index is 745. The molecule has 2 rings (SSSR count). The van der Waals surface area contributed by atoms with Crippen molar-refractivity contribution in [3.05, 3.63) is 35.6 Å². The average molecular weight is 374 g/mol. The number of hydrogen-bond acceptors (Lipinski definition) is 6. The van der Waals surface area contributed by atoms with E-state index in [4.69, 9.17) is 9.26 Å². The van der Waals surface area contributed by atoms with Crippen LogP contribution in [0.1, 0.15) is 44.4 Å². The number of amides is 1. The van der Waals surface area contributed by atoms with E-state index in [0.717, 1.165) is 24.8 Å². The van der Waals surface area contributed by atoms with Crippen LogP contribution >= 0.6 is 0 Å². The fraction of sp³-hybridized carbons (Fsp3) is 0.474. The van der Waals surface area contributed by atoms with Crippen molar-refractivity contribution in [3.8, 4) is 11.3 Å². The normalized spacial score (nSPS) is 11.9. The summed E-state index contributed by atoms with van der Waals surface area (Å²) in [6.07, 6.45) is 2.44. The molecular formula is C19H27BN2O5. The van der Waals surface area contributed by atoms with Gasteiger partial charge >= 0.3 is 13.2 Å². The first-order valence-electron chi connectivity index (χ1n) is 9.20. The molecule has 1 heterocycles. The molecule has 0 saturated heterocycles. The molecule has 0 aliphatic rings. The number of aryl methyl sites for hydroxylation is 1. The Balaban J connectivity index is 2.11. The van der Waals surface area contributed by atoms with Gasteiger partial charge in [-0.05, 0) is 25.2 Å². The number of rotatable bonds is 8. The zero-order chi connectivity index (χ0) is 20.0. The van der Waals surface area contributed by atoms with Crippen molar-refractivity contribution in [1.29, 1.82) is 0 Å². The van der Waals surface area contributed by atoms with Gasteiger partial charge in [-0.3, -0.25) is 0 Å². The van der Waals surface area contributed by atoms with Gasteiger partial charge in [-0.15, -0.1) is 0 Å². The molecule has 0 aliphatic carbocycles. The third-order valence-corrected chi connectivity index (χ3v) is 4.74. The Kier molecular flexibility index (Phi) is 7.44. The molecule has 1 unspecified atom stereocenters. The lowest BCUT2D eigenvalue weighted by Crippen LogP contribution is -2.37. The van der Waals surface area contributed by atoms with Crippen molar-refractivity contribution in [1.82, 2.24) is 10.1 Å². The molecule has 146 valence electrons. The van der Waals surface area contributed by atoms with Crippen LogP contribution in [0.2, 0.25) is 0 Å². The maximum Gasteiger partial charge on any atom is 0.488 e. The van der Waals surface area contributed by atoms with Gasteiger partial charge in [-0.2, -0.15) is 0 Å². The second kappa shape index (κ2) is 9.57. The van der Waals surface area contributed by atoms with Crippen molar-refractivity contribution in [2.24, 2.45) is 0 Å². The monoisotopic (exact) mass is 374 g/mol. The molecule has 0 radical (unpaired) electrons. The largest absolute Gasteiger partial charge is 0.488 e. The van der Waals surface area contributed by atoms with Gasteiger partial charge in [0.15, 0.2) is 0 Å². The molecular weight excluding hydrogens is 347 g/mol. The molecule has 1 aromatic heterocycles. The number of ether oxygens (including phenoxy) is 1. The molecule has 2 N–H and O–H groups in total. The molecule has 7 nitrogen and oxygen atoms in total. The average Bonchev–Trinajstić information content (AvgIpc) is 3.04. The van der Waals surface area contributed by atoms with Gasteiger partial charge in [0, 0.05) is 18.7 Å². The maximum atomic E-state index is 12.4. The maximum absolute atomic E-state index is 12.4. The Labute approximate surface area is 160 Å². The molecule has 27 heavy (non-hydrogen) atoms. The van der Waals surface area contributed by atoms with Crippen LogP contribution < -0.4 is 5.46 Å². The SMILES string of the molecule is CCCC(CC)N(C)C(=O)OCc1c(-c2ccc(B(O)O)cc2)noc1C. The van der Waals surface area contributed by atoms with E-state index in [1.54, 1.807) is 43.1 Å². The second-order valence-corrected chi connectivity index (χ2v) is 6.58. The van der Waals surface area contributed by atoms with Crippen LogP contribution in [0.25, 0.3) is 11.3 Å². The van der Waals surface area contributed by atoms with Crippen LogP contribution in [0.15, 0.2) is 28.8 Å². The minimum absolute atomic E-state index is 0.0563. The summed E-state index contributed by atoms with van der Waals surface area (Å²) in [5.74, 6) is 0.576. The third-order valence-electron chi connectivity index (χ3n) is 4.74. The second-order valence-electron chi connectivity index (χ2n) is 6.58. The molecule has 0 saturated carbocycles. The number of carbonyl (C=O) groups excluding carboxylic acids is 1. The first kappa shape index (κ1) is 21.0. The number of benzene rings is 1. The Hall–Kier alpha value is -2.32. The first-order chi connectivity index (χ1) is 12.9. The highest BCUT2D eigenvalue weighted by Gasteiger charge is 2.22. The van der Waals surface area contributed by atoms with Crippen LogP contribution in [0.3, 0.4) is 0 Å². The molecule has 1 amide bonds. The van der Waals surface area contributed by atoms with E-state index in [1.165, 1.54) is 0 Å². The highest BCUT2D eigenvalue weighted by molar-refractivity contribution is 6.58. The van der Waals surface area contributed by atoms with Gasteiger partial charge in [0.05, 0.1) is 5.56 Å². The molecule has 1 atom stereocenters. The summed E-state index contributed by atoms with van der Waals surface area (Å²) in [5.41, 5.74) is 2.39. The standard InChI is InChI=1S/C19H27BN2O5/c1-5-7-16(6-2)22(4)19(23)26-12-17-13(3)27-21-18(17)14-8-10-15(11-9-14)20(24)25/h8-11,16,24-25H,5-7,12H2,1-4H3. The van der Waals surface area contributed by atoms with Gasteiger partial charge in [0.2, 0.25) is 0 Å². The summed E-state index contributed by atoms with van der Waals surface area (Å²) in [4.78, 5) is 14.0. The lowest BCUT2D eigenvalue weighted by atomic mass is 9.80. The number of hydrogen-bond donors (Lipinski definition) is 2. The van der Waals surface area contributed by atoms with E-state index in [0.29, 0.717) is 22.5 Å². The number of aromatic nitrogens is 1. The predicted molar refractivity (Wildman–Crippen MR) is 103 cm³/mol. The Morgan fingerprint density at radius 1 is 1.30 bits per heavy atom. The molecule has 0 aliphatic heterocycles. The summed E-state index contributed by atoms with van der Waals surface area (Å²) >= 11 is 0. The van der Waals surface area contributed by atoms with E-state index in [-0.39, 0.29) is 18.7 Å². The lowest BCUT2D eigenvalue weighted by molar-refractivity contribution is 0.0881. The van der Waals surface area contributed by atoms with Gasteiger partial charge in [0.1, 0.15) is 18.1 Å². The van der Waals surface area contributed by atoms with Crippen molar-refractivity contribution in [2.75, 3.05) is 7.05 Å². The van der Waals surface area contributed by atoms with E-state index in [1.807, 2.05) is 0 Å². The first-order valence-corrected chi connectivity index (χ1v) is 9.20. The van der Waals surface area contributed by atoms with E-state index >= 15 is 0 Å². The zero-order valence-electron chi connectivity index (χ0n) is 16.3. The van der Waals surface area contributed by atoms with E-state index in [2.05, 4.69) is 19.0 Å². The fourth-order valence-electron chi connectivity index (χ4n) is 2.99. The van der Waals surface area contributed by atoms with Crippen LogP contribution in [-0.4, -0.2) is 46.4 Å². The summed E-state index contributed by atoms with van der Waals surface area (Å²) in [5, 5.41) is 22.5. The minimum Gasteiger partial charge on any atom is -0.444 e. The van der Waals surface area contributed by atoms with Crippen LogP contribution in [0.5, 0.6) is 0 Å². The molecule has 8 heteroatoms. The van der Waals surface area contributed by atoms with Gasteiger partial charge in [-0.1, -0.05) is 49.7 Å². The van der Waals surface area contributed by atoms with Crippen LogP contribution in [-0.2, 0) is 11.3 Å². The Morgan fingerprint density at radius 2 is 1.96 bits per heavy atom. The summed E-state index contributed by atoms with van der Waals surface area (Å²) in [7, 11) is 0.232. The highest BCUT2D eigenvalue weighted by atomic mass is 16.6. The lowest BCUT2D eigenvalue weighted by Gasteiger charge is -2.26. The topological polar surface area (TPSA) is 96.0 Å². The van der Waals surface area contributed by atoms with Gasteiger partial charge in [-0.25, -0.2) is 4.79 Å². The van der Waals surface area contributed by atoms with Crippen molar-refractivity contribution < 1.29 is 24.1 Å². The van der Waals surface area contributed by atoms with Crippen molar-refractivity contribution in [3.63, 3.8) is 0 Å². The Morgan fingerprint density at radius 3 is 2.52 bits per heavy atom. The molecule has 2 aromatic rings. The van der Waals surface area contributed by atoms with Crippen LogP contribution in [0.4, 0.5) is 4.79 Å². The summed E-state index contributed by atoms with van der Waals surface area (Å²) in [6, 6.07) is 6.80. The predicted octanol–water partition coefficient (Wildman–Crippen LogP) is 2.48. The van der Waals surface area contributed by atoms with Gasteiger partial charge < -0.3 is 24.2 Å². The van der Waals surface area contributed by atoms with Crippen LogP contribution in [0, 0.1) is 6.92 Å². The molecule has 0 bridgehead atoms. The van der Waals surface area contributed by atoms with Crippen molar-refractivity contribution in [2.45, 2.75) is 52.7 Å². The fourth-order valence-corrected chi connectivity index (χ4v) is 2.99. The van der Waals surface area contributed by atoms with E-state index in [9.17, 15) is 14.8 Å². The molecule has 0 spiro atoms. The highest BCUT2D eigenvalue weighted by Crippen LogP contribution is 2.26. The quantitative estimate of drug-likeness (QED) is 0.690. The van der Waals surface area contributed by atoms with Crippen molar-refractivity contribution >= 4 is 18.7 Å². The van der Waals surface area contributed by atoms with Gasteiger partial charge in [0.25, 0.3) is 0 Å².